The molecule has 22 heavy (non-hydrogen) atoms. The fraction of sp³-hybridized carbons (Fsp3) is 0.0909. The zero-order valence-corrected chi connectivity index (χ0v) is 12.4. The average molecular weight is 349 g/mol. The van der Waals surface area contributed by atoms with Crippen molar-refractivity contribution in [1.82, 2.24) is 0 Å². The third-order valence-electron chi connectivity index (χ3n) is 2.58. The average Bonchev–Trinajstić information content (AvgIpc) is 2.32. The summed E-state index contributed by atoms with van der Waals surface area (Å²) < 4.78 is 64.5. The molecule has 0 saturated heterocycles. The standard InChI is InChI=1S/C11H11NO8S2/c13-10-5-8(20-22(17,18)19)4-7-2-1-3-9(11(7)10)12-6-21(14,15)16/h1-5,12-13H,6H2,(H,14,15,16)(H,17,18,19). The van der Waals surface area contributed by atoms with E-state index in [2.05, 4.69) is 9.50 Å². The number of phenols is 1. The molecule has 0 heterocycles. The first kappa shape index (κ1) is 16.3. The Balaban J connectivity index is 2.49. The van der Waals surface area contributed by atoms with Crippen molar-refractivity contribution in [2.24, 2.45) is 0 Å². The fourth-order valence-corrected chi connectivity index (χ4v) is 2.54. The van der Waals surface area contributed by atoms with Crippen molar-refractivity contribution in [3.63, 3.8) is 0 Å². The number of hydrogen-bond acceptors (Lipinski definition) is 7. The van der Waals surface area contributed by atoms with Gasteiger partial charge in [-0.05, 0) is 17.5 Å². The second-order valence-corrected chi connectivity index (χ2v) is 6.73. The van der Waals surface area contributed by atoms with Crippen LogP contribution in [-0.4, -0.2) is 36.9 Å². The van der Waals surface area contributed by atoms with Gasteiger partial charge in [0.25, 0.3) is 10.1 Å². The summed E-state index contributed by atoms with van der Waals surface area (Å²) in [4.78, 5) is 0. The lowest BCUT2D eigenvalue weighted by atomic mass is 10.1. The zero-order valence-electron chi connectivity index (χ0n) is 10.8. The van der Waals surface area contributed by atoms with Gasteiger partial charge in [0.1, 0.15) is 17.4 Å². The summed E-state index contributed by atoms with van der Waals surface area (Å²) in [5, 5.41) is 12.9. The lowest BCUT2D eigenvalue weighted by molar-refractivity contribution is 0.386. The van der Waals surface area contributed by atoms with Crippen LogP contribution < -0.4 is 9.50 Å². The van der Waals surface area contributed by atoms with Gasteiger partial charge in [0.05, 0.1) is 0 Å². The van der Waals surface area contributed by atoms with Gasteiger partial charge in [-0.2, -0.15) is 16.8 Å². The summed E-state index contributed by atoms with van der Waals surface area (Å²) in [5.74, 6) is -1.50. The number of aromatic hydroxyl groups is 1. The molecule has 0 aromatic heterocycles. The predicted molar refractivity (Wildman–Crippen MR) is 77.8 cm³/mol. The molecule has 2 aromatic carbocycles. The van der Waals surface area contributed by atoms with Gasteiger partial charge in [0.2, 0.25) is 0 Å². The van der Waals surface area contributed by atoms with E-state index < -0.39 is 32.1 Å². The van der Waals surface area contributed by atoms with Gasteiger partial charge >= 0.3 is 10.4 Å². The number of anilines is 1. The van der Waals surface area contributed by atoms with Crippen LogP contribution >= 0.6 is 0 Å². The first-order chi connectivity index (χ1) is 10.1. The van der Waals surface area contributed by atoms with E-state index in [0.717, 1.165) is 6.07 Å². The molecule has 120 valence electrons. The summed E-state index contributed by atoms with van der Waals surface area (Å²) >= 11 is 0. The molecule has 0 aliphatic heterocycles. The van der Waals surface area contributed by atoms with Gasteiger partial charge < -0.3 is 14.6 Å². The van der Waals surface area contributed by atoms with Gasteiger partial charge in [0.15, 0.2) is 0 Å². The van der Waals surface area contributed by atoms with Crippen LogP contribution in [0.5, 0.6) is 11.5 Å². The summed E-state index contributed by atoms with van der Waals surface area (Å²) in [6.07, 6.45) is 0. The number of rotatable bonds is 5. The summed E-state index contributed by atoms with van der Waals surface area (Å²) in [5.41, 5.74) is 0.200. The minimum atomic E-state index is -4.74. The Kier molecular flexibility index (Phi) is 4.15. The van der Waals surface area contributed by atoms with Crippen LogP contribution in [0.2, 0.25) is 0 Å². The van der Waals surface area contributed by atoms with Crippen molar-refractivity contribution in [2.75, 3.05) is 11.2 Å². The van der Waals surface area contributed by atoms with E-state index >= 15 is 0 Å². The van der Waals surface area contributed by atoms with Crippen molar-refractivity contribution < 1.29 is 35.2 Å². The molecule has 0 spiro atoms. The second-order valence-electron chi connectivity index (χ2n) is 4.26. The monoisotopic (exact) mass is 349 g/mol. The first-order valence-corrected chi connectivity index (χ1v) is 8.64. The Hall–Kier alpha value is -2.08. The Bertz CT molecular complexity index is 921. The number of nitrogens with one attached hydrogen (secondary N) is 1. The highest BCUT2D eigenvalue weighted by atomic mass is 32.3. The zero-order chi connectivity index (χ0) is 16.5. The number of phenolic OH excluding ortho intramolecular Hbond substituents is 1. The molecule has 0 unspecified atom stereocenters. The van der Waals surface area contributed by atoms with Crippen LogP contribution in [0.25, 0.3) is 10.8 Å². The van der Waals surface area contributed by atoms with Gasteiger partial charge in [-0.1, -0.05) is 12.1 Å². The lowest BCUT2D eigenvalue weighted by Gasteiger charge is -2.11. The molecule has 0 bridgehead atoms. The SMILES string of the molecule is O=S(=O)(O)CNc1cccc2cc(OS(=O)(=O)O)cc(O)c12. The normalized spacial score (nSPS) is 12.3. The molecule has 11 heteroatoms. The van der Waals surface area contributed by atoms with Gasteiger partial charge in [-0.3, -0.25) is 9.11 Å². The van der Waals surface area contributed by atoms with E-state index in [0.29, 0.717) is 5.39 Å². The summed E-state index contributed by atoms with van der Waals surface area (Å²) in [6.45, 7) is 0. The van der Waals surface area contributed by atoms with Gasteiger partial charge in [-0.25, -0.2) is 0 Å². The third-order valence-corrected chi connectivity index (χ3v) is 3.49. The minimum Gasteiger partial charge on any atom is -0.507 e. The Morgan fingerprint density at radius 3 is 2.36 bits per heavy atom. The maximum Gasteiger partial charge on any atom is 0.446 e. The second kappa shape index (κ2) is 5.61. The molecule has 0 fully saturated rings. The van der Waals surface area contributed by atoms with Crippen LogP contribution in [0.1, 0.15) is 0 Å². The number of benzene rings is 2. The van der Waals surface area contributed by atoms with Crippen LogP contribution in [0.4, 0.5) is 5.69 Å². The molecule has 9 nitrogen and oxygen atoms in total. The quantitative estimate of drug-likeness (QED) is 0.579. The van der Waals surface area contributed by atoms with Gasteiger partial charge in [-0.15, -0.1) is 0 Å². The topological polar surface area (TPSA) is 150 Å². The van der Waals surface area contributed by atoms with Crippen LogP contribution in [-0.2, 0) is 20.5 Å². The fourth-order valence-electron chi connectivity index (χ4n) is 1.86. The summed E-state index contributed by atoms with van der Waals surface area (Å²) in [6, 6.07) is 6.63. The minimum absolute atomic E-state index is 0.189. The highest BCUT2D eigenvalue weighted by molar-refractivity contribution is 7.85. The Morgan fingerprint density at radius 2 is 1.77 bits per heavy atom. The van der Waals surface area contributed by atoms with Crippen LogP contribution in [0.15, 0.2) is 30.3 Å². The molecule has 0 aliphatic carbocycles. The van der Waals surface area contributed by atoms with E-state index in [9.17, 15) is 21.9 Å². The van der Waals surface area contributed by atoms with Crippen LogP contribution in [0, 0.1) is 0 Å². The van der Waals surface area contributed by atoms with Crippen LogP contribution in [0.3, 0.4) is 0 Å². The third kappa shape index (κ3) is 4.21. The van der Waals surface area contributed by atoms with Crippen molar-refractivity contribution in [2.45, 2.75) is 0 Å². The van der Waals surface area contributed by atoms with Crippen molar-refractivity contribution in [1.29, 1.82) is 0 Å². The highest BCUT2D eigenvalue weighted by Crippen LogP contribution is 2.35. The lowest BCUT2D eigenvalue weighted by Crippen LogP contribution is -2.13. The molecule has 0 amide bonds. The van der Waals surface area contributed by atoms with E-state index in [1.807, 2.05) is 0 Å². The molecule has 0 saturated carbocycles. The van der Waals surface area contributed by atoms with E-state index in [-0.39, 0.29) is 16.8 Å². The maximum atomic E-state index is 10.8. The molecule has 4 N–H and O–H groups in total. The predicted octanol–water partition coefficient (Wildman–Crippen LogP) is 0.984. The molecular formula is C11H11NO8S2. The smallest absolute Gasteiger partial charge is 0.446 e. The molecule has 0 aliphatic rings. The maximum absolute atomic E-state index is 10.8. The largest absolute Gasteiger partial charge is 0.507 e. The summed E-state index contributed by atoms with van der Waals surface area (Å²) in [7, 11) is -9.01. The van der Waals surface area contributed by atoms with E-state index in [1.54, 1.807) is 0 Å². The van der Waals surface area contributed by atoms with E-state index in [4.69, 9.17) is 9.11 Å². The van der Waals surface area contributed by atoms with Crippen molar-refractivity contribution in [3.8, 4) is 11.5 Å². The van der Waals surface area contributed by atoms with Crippen molar-refractivity contribution in [3.05, 3.63) is 30.3 Å². The molecule has 2 rings (SSSR count). The Morgan fingerprint density at radius 1 is 1.09 bits per heavy atom. The van der Waals surface area contributed by atoms with Crippen molar-refractivity contribution >= 4 is 37.0 Å². The molecule has 0 atom stereocenters. The molecule has 2 aromatic rings. The molecular weight excluding hydrogens is 338 g/mol. The first-order valence-electron chi connectivity index (χ1n) is 5.67. The van der Waals surface area contributed by atoms with Gasteiger partial charge in [0, 0.05) is 17.1 Å². The highest BCUT2D eigenvalue weighted by Gasteiger charge is 2.13. The Labute approximate surface area is 125 Å². The number of hydrogen-bond donors (Lipinski definition) is 4. The number of fused-ring (bicyclic) bond motifs is 1. The molecule has 0 radical (unpaired) electrons. The van der Waals surface area contributed by atoms with E-state index in [1.165, 1.54) is 24.3 Å².